The van der Waals surface area contributed by atoms with Gasteiger partial charge in [0.05, 0.1) is 18.0 Å². The van der Waals surface area contributed by atoms with Gasteiger partial charge in [0.15, 0.2) is 0 Å². The number of carbonyl (C=O) groups is 2. The average Bonchev–Trinajstić information content (AvgIpc) is 3.35. The highest BCUT2D eigenvalue weighted by Gasteiger charge is 2.45. The zero-order valence-corrected chi connectivity index (χ0v) is 20.0. The number of rotatable bonds is 5. The van der Waals surface area contributed by atoms with Gasteiger partial charge in [-0.3, -0.25) is 9.59 Å². The molecule has 33 heavy (non-hydrogen) atoms. The van der Waals surface area contributed by atoms with E-state index in [1.165, 1.54) is 11.1 Å². The van der Waals surface area contributed by atoms with Crippen molar-refractivity contribution in [3.05, 3.63) is 93.2 Å². The fourth-order valence-electron chi connectivity index (χ4n) is 5.41. The molecule has 0 saturated carbocycles. The molecule has 3 atom stereocenters. The Kier molecular flexibility index (Phi) is 6.07. The molecular weight excluding hydrogens is 428 g/mol. The summed E-state index contributed by atoms with van der Waals surface area (Å²) in [6, 6.07) is 19.9. The third-order valence-corrected chi connectivity index (χ3v) is 7.75. The Labute approximate surface area is 199 Å². The van der Waals surface area contributed by atoms with E-state index in [0.29, 0.717) is 18.0 Å². The van der Waals surface area contributed by atoms with Crippen molar-refractivity contribution in [3.63, 3.8) is 0 Å². The van der Waals surface area contributed by atoms with Crippen LogP contribution in [0.25, 0.3) is 0 Å². The SMILES string of the molecule is CC(C)CN1C(=O)c2ccccc2[C@H](C(=O)N[C@@H]2CCCc3ccccc32)[C@H]1c1cccs1. The highest BCUT2D eigenvalue weighted by atomic mass is 32.1. The molecule has 0 radical (unpaired) electrons. The molecule has 2 aliphatic rings. The Morgan fingerprint density at radius 2 is 1.82 bits per heavy atom. The lowest BCUT2D eigenvalue weighted by Crippen LogP contribution is -2.48. The molecule has 0 fully saturated rings. The number of benzene rings is 2. The van der Waals surface area contributed by atoms with E-state index in [2.05, 4.69) is 49.5 Å². The van der Waals surface area contributed by atoms with Gasteiger partial charge in [-0.1, -0.05) is 62.4 Å². The maximum atomic E-state index is 14.0. The molecule has 0 spiro atoms. The van der Waals surface area contributed by atoms with E-state index in [0.717, 1.165) is 29.7 Å². The molecule has 5 heteroatoms. The number of fused-ring (bicyclic) bond motifs is 2. The molecule has 0 bridgehead atoms. The van der Waals surface area contributed by atoms with Crippen LogP contribution >= 0.6 is 11.3 Å². The van der Waals surface area contributed by atoms with Crippen LogP contribution in [0, 0.1) is 5.92 Å². The Morgan fingerprint density at radius 3 is 2.58 bits per heavy atom. The molecule has 4 nitrogen and oxygen atoms in total. The smallest absolute Gasteiger partial charge is 0.254 e. The van der Waals surface area contributed by atoms with Crippen molar-refractivity contribution in [2.24, 2.45) is 5.92 Å². The van der Waals surface area contributed by atoms with Crippen LogP contribution in [-0.2, 0) is 11.2 Å². The van der Waals surface area contributed by atoms with Gasteiger partial charge < -0.3 is 10.2 Å². The van der Waals surface area contributed by atoms with Crippen LogP contribution in [0.2, 0.25) is 0 Å². The fourth-order valence-corrected chi connectivity index (χ4v) is 6.29. The van der Waals surface area contributed by atoms with E-state index in [4.69, 9.17) is 0 Å². The van der Waals surface area contributed by atoms with Gasteiger partial charge in [-0.15, -0.1) is 11.3 Å². The molecule has 3 aromatic rings. The number of hydrogen-bond donors (Lipinski definition) is 1. The molecule has 2 aromatic carbocycles. The second-order valence-electron chi connectivity index (χ2n) is 9.53. The molecular formula is C28H30N2O2S. The van der Waals surface area contributed by atoms with E-state index in [1.54, 1.807) is 11.3 Å². The summed E-state index contributed by atoms with van der Waals surface area (Å²) in [5.74, 6) is -0.116. The van der Waals surface area contributed by atoms with Crippen molar-refractivity contribution in [2.75, 3.05) is 6.54 Å². The minimum absolute atomic E-state index is 0.00353. The molecule has 1 N–H and O–H groups in total. The van der Waals surface area contributed by atoms with Gasteiger partial charge in [0, 0.05) is 17.0 Å². The molecule has 0 unspecified atom stereocenters. The van der Waals surface area contributed by atoms with Crippen molar-refractivity contribution in [1.82, 2.24) is 10.2 Å². The van der Waals surface area contributed by atoms with Gasteiger partial charge in [0.25, 0.3) is 5.91 Å². The van der Waals surface area contributed by atoms with Crippen molar-refractivity contribution < 1.29 is 9.59 Å². The zero-order chi connectivity index (χ0) is 22.9. The van der Waals surface area contributed by atoms with E-state index in [1.807, 2.05) is 40.6 Å². The van der Waals surface area contributed by atoms with Crippen molar-refractivity contribution in [2.45, 2.75) is 51.1 Å². The number of aryl methyl sites for hydroxylation is 1. The first-order valence-electron chi connectivity index (χ1n) is 11.9. The standard InChI is InChI=1S/C28H30N2O2S/c1-18(2)17-30-26(24-15-8-16-33-24)25(21-12-5-6-13-22(21)28(30)32)27(31)29-23-14-7-10-19-9-3-4-11-20(19)23/h3-6,8-9,11-13,15-16,18,23,25-26H,7,10,14,17H2,1-2H3,(H,29,31)/t23-,25+,26-/m1/s1. The summed E-state index contributed by atoms with van der Waals surface area (Å²) in [5, 5.41) is 5.42. The highest BCUT2D eigenvalue weighted by Crippen LogP contribution is 2.45. The van der Waals surface area contributed by atoms with Crippen LogP contribution in [0.15, 0.2) is 66.0 Å². The van der Waals surface area contributed by atoms with Crippen LogP contribution in [0.3, 0.4) is 0 Å². The van der Waals surface area contributed by atoms with Crippen molar-refractivity contribution >= 4 is 23.2 Å². The van der Waals surface area contributed by atoms with Crippen molar-refractivity contribution in [1.29, 1.82) is 0 Å². The van der Waals surface area contributed by atoms with Gasteiger partial charge >= 0.3 is 0 Å². The largest absolute Gasteiger partial charge is 0.349 e. The second kappa shape index (κ2) is 9.14. The van der Waals surface area contributed by atoms with Crippen LogP contribution in [0.1, 0.15) is 76.6 Å². The van der Waals surface area contributed by atoms with E-state index in [-0.39, 0.29) is 23.9 Å². The first kappa shape index (κ1) is 21.9. The minimum Gasteiger partial charge on any atom is -0.349 e. The summed E-state index contributed by atoms with van der Waals surface area (Å²) >= 11 is 1.62. The number of hydrogen-bond acceptors (Lipinski definition) is 3. The number of nitrogens with zero attached hydrogens (tertiary/aromatic N) is 1. The summed E-state index contributed by atoms with van der Waals surface area (Å²) < 4.78 is 0. The zero-order valence-electron chi connectivity index (χ0n) is 19.2. The molecule has 1 aliphatic heterocycles. The molecule has 5 rings (SSSR count). The van der Waals surface area contributed by atoms with Crippen molar-refractivity contribution in [3.8, 4) is 0 Å². The summed E-state index contributed by atoms with van der Waals surface area (Å²) in [6.07, 6.45) is 3.06. The number of carbonyl (C=O) groups excluding carboxylic acids is 2. The van der Waals surface area contributed by atoms with Gasteiger partial charge in [-0.05, 0) is 59.4 Å². The second-order valence-corrected chi connectivity index (χ2v) is 10.5. The summed E-state index contributed by atoms with van der Waals surface area (Å²) in [6.45, 7) is 4.85. The Hall–Kier alpha value is -2.92. The third-order valence-electron chi connectivity index (χ3n) is 6.80. The summed E-state index contributed by atoms with van der Waals surface area (Å²) in [7, 11) is 0. The maximum Gasteiger partial charge on any atom is 0.254 e. The normalized spacial score (nSPS) is 22.1. The Balaban J connectivity index is 1.57. The summed E-state index contributed by atoms with van der Waals surface area (Å²) in [5.41, 5.74) is 4.03. The van der Waals surface area contributed by atoms with Gasteiger partial charge in [-0.25, -0.2) is 0 Å². The minimum atomic E-state index is -0.439. The van der Waals surface area contributed by atoms with E-state index in [9.17, 15) is 9.59 Å². The number of thiophene rings is 1. The quantitative estimate of drug-likeness (QED) is 0.519. The lowest BCUT2D eigenvalue weighted by atomic mass is 9.80. The number of amides is 2. The van der Waals surface area contributed by atoms with Crippen LogP contribution < -0.4 is 5.32 Å². The molecule has 1 aliphatic carbocycles. The molecule has 2 heterocycles. The third kappa shape index (κ3) is 4.10. The van der Waals surface area contributed by atoms with E-state index >= 15 is 0 Å². The molecule has 1 aromatic heterocycles. The molecule has 2 amide bonds. The van der Waals surface area contributed by atoms with Gasteiger partial charge in [-0.2, -0.15) is 0 Å². The van der Waals surface area contributed by atoms with Crippen LogP contribution in [0.4, 0.5) is 0 Å². The van der Waals surface area contributed by atoms with E-state index < -0.39 is 5.92 Å². The molecule has 170 valence electrons. The average molecular weight is 459 g/mol. The number of nitrogens with one attached hydrogen (secondary N) is 1. The monoisotopic (exact) mass is 458 g/mol. The predicted molar refractivity (Wildman–Crippen MR) is 132 cm³/mol. The maximum absolute atomic E-state index is 14.0. The topological polar surface area (TPSA) is 49.4 Å². The summed E-state index contributed by atoms with van der Waals surface area (Å²) in [4.78, 5) is 30.6. The van der Waals surface area contributed by atoms with Crippen LogP contribution in [-0.4, -0.2) is 23.3 Å². The highest BCUT2D eigenvalue weighted by molar-refractivity contribution is 7.10. The fraction of sp³-hybridized carbons (Fsp3) is 0.357. The lowest BCUT2D eigenvalue weighted by Gasteiger charge is -2.42. The van der Waals surface area contributed by atoms with Gasteiger partial charge in [0.1, 0.15) is 0 Å². The molecule has 0 saturated heterocycles. The Morgan fingerprint density at radius 1 is 1.06 bits per heavy atom. The van der Waals surface area contributed by atoms with Gasteiger partial charge in [0.2, 0.25) is 5.91 Å². The van der Waals surface area contributed by atoms with Crippen LogP contribution in [0.5, 0.6) is 0 Å². The lowest BCUT2D eigenvalue weighted by molar-refractivity contribution is -0.125. The predicted octanol–water partition coefficient (Wildman–Crippen LogP) is 5.88. The first-order valence-corrected chi connectivity index (χ1v) is 12.7. The first-order chi connectivity index (χ1) is 16.0. The Bertz CT molecular complexity index is 1150.